The van der Waals surface area contributed by atoms with Gasteiger partial charge in [0, 0.05) is 0 Å². The highest BCUT2D eigenvalue weighted by atomic mass is 16.5. The summed E-state index contributed by atoms with van der Waals surface area (Å²) in [6.07, 6.45) is 13.4. The van der Waals surface area contributed by atoms with Crippen LogP contribution in [-0.2, 0) is 9.47 Å². The monoisotopic (exact) mass is 318 g/mol. The Hall–Kier alpha value is -1.74. The third-order valence-electron chi connectivity index (χ3n) is 3.92. The van der Waals surface area contributed by atoms with E-state index >= 15 is 0 Å². The smallest absolute Gasteiger partial charge is 0.161 e. The summed E-state index contributed by atoms with van der Waals surface area (Å²) in [6, 6.07) is 0. The molecule has 0 unspecified atom stereocenters. The van der Waals surface area contributed by atoms with Gasteiger partial charge in [0.15, 0.2) is 11.5 Å². The summed E-state index contributed by atoms with van der Waals surface area (Å²) in [6.45, 7) is 10.3. The Morgan fingerprint density at radius 1 is 1.26 bits per heavy atom. The van der Waals surface area contributed by atoms with Gasteiger partial charge in [-0.05, 0) is 42.9 Å². The van der Waals surface area contributed by atoms with Crippen LogP contribution in [0.2, 0.25) is 0 Å². The molecule has 0 saturated heterocycles. The maximum absolute atomic E-state index is 8.91. The quantitative estimate of drug-likeness (QED) is 0.337. The minimum Gasteiger partial charge on any atom is -0.493 e. The zero-order valence-electron chi connectivity index (χ0n) is 14.6. The standard InChI is InChI=1S/C20H30O3/c1-5-6-7-8-18-9-11-19(12-10-18)16(2)15-20(17(3)22-4)23-14-13-21/h9,11,15,21H,2-3,5-8,10,12-14H2,1,4H3/b20-15+. The van der Waals surface area contributed by atoms with Gasteiger partial charge >= 0.3 is 0 Å². The molecule has 0 bridgehead atoms. The van der Waals surface area contributed by atoms with Crippen molar-refractivity contribution in [1.29, 1.82) is 0 Å². The first-order valence-electron chi connectivity index (χ1n) is 8.38. The first-order chi connectivity index (χ1) is 11.1. The third-order valence-corrected chi connectivity index (χ3v) is 3.92. The molecule has 1 aliphatic carbocycles. The van der Waals surface area contributed by atoms with Crippen LogP contribution in [-0.4, -0.2) is 25.4 Å². The van der Waals surface area contributed by atoms with E-state index < -0.39 is 0 Å². The van der Waals surface area contributed by atoms with Crippen molar-refractivity contribution in [3.63, 3.8) is 0 Å². The van der Waals surface area contributed by atoms with Gasteiger partial charge in [0.05, 0.1) is 13.7 Å². The Balaban J connectivity index is 2.71. The molecule has 0 amide bonds. The number of aliphatic hydroxyl groups is 1. The molecule has 0 fully saturated rings. The minimum absolute atomic E-state index is 0.0482. The lowest BCUT2D eigenvalue weighted by Gasteiger charge is -2.17. The molecule has 3 nitrogen and oxygen atoms in total. The largest absolute Gasteiger partial charge is 0.493 e. The molecule has 0 radical (unpaired) electrons. The number of hydrogen-bond donors (Lipinski definition) is 1. The fourth-order valence-corrected chi connectivity index (χ4v) is 2.47. The van der Waals surface area contributed by atoms with Gasteiger partial charge in [0.25, 0.3) is 0 Å². The van der Waals surface area contributed by atoms with Crippen LogP contribution in [0.4, 0.5) is 0 Å². The van der Waals surface area contributed by atoms with E-state index in [0.717, 1.165) is 18.4 Å². The molecule has 0 spiro atoms. The number of aliphatic hydroxyl groups excluding tert-OH is 1. The molecule has 0 saturated carbocycles. The summed E-state index contributed by atoms with van der Waals surface area (Å²) in [5, 5.41) is 8.91. The molecule has 0 aliphatic heterocycles. The predicted molar refractivity (Wildman–Crippen MR) is 96.0 cm³/mol. The summed E-state index contributed by atoms with van der Waals surface area (Å²) >= 11 is 0. The lowest BCUT2D eigenvalue weighted by molar-refractivity contribution is 0.130. The molecular weight excluding hydrogens is 288 g/mol. The highest BCUT2D eigenvalue weighted by Crippen LogP contribution is 2.28. The molecule has 3 heteroatoms. The van der Waals surface area contributed by atoms with Crippen LogP contribution in [0, 0.1) is 0 Å². The van der Waals surface area contributed by atoms with E-state index in [4.69, 9.17) is 14.6 Å². The third kappa shape index (κ3) is 6.91. The molecule has 0 atom stereocenters. The van der Waals surface area contributed by atoms with Crippen molar-refractivity contribution in [1.82, 2.24) is 0 Å². The average Bonchev–Trinajstić information content (AvgIpc) is 2.58. The first kappa shape index (κ1) is 19.3. The lowest BCUT2D eigenvalue weighted by atomic mass is 9.91. The fourth-order valence-electron chi connectivity index (χ4n) is 2.47. The Morgan fingerprint density at radius 3 is 2.61 bits per heavy atom. The Bertz CT molecular complexity index is 495. The van der Waals surface area contributed by atoms with Crippen LogP contribution in [0.25, 0.3) is 0 Å². The summed E-state index contributed by atoms with van der Waals surface area (Å²) in [5.41, 5.74) is 3.63. The van der Waals surface area contributed by atoms with Crippen molar-refractivity contribution < 1.29 is 14.6 Å². The number of hydrogen-bond acceptors (Lipinski definition) is 3. The van der Waals surface area contributed by atoms with Gasteiger partial charge in [-0.1, -0.05) is 50.6 Å². The van der Waals surface area contributed by atoms with Gasteiger partial charge in [-0.15, -0.1) is 0 Å². The highest BCUT2D eigenvalue weighted by molar-refractivity contribution is 5.44. The second-order valence-corrected chi connectivity index (χ2v) is 5.71. The van der Waals surface area contributed by atoms with Crippen LogP contribution in [0.15, 0.2) is 59.6 Å². The second-order valence-electron chi connectivity index (χ2n) is 5.71. The molecule has 1 rings (SSSR count). The molecule has 0 heterocycles. The van der Waals surface area contributed by atoms with E-state index in [1.54, 1.807) is 7.11 Å². The van der Waals surface area contributed by atoms with Gasteiger partial charge in [0.2, 0.25) is 0 Å². The van der Waals surface area contributed by atoms with Gasteiger partial charge in [-0.2, -0.15) is 0 Å². The fraction of sp³-hybridized carbons (Fsp3) is 0.500. The van der Waals surface area contributed by atoms with Crippen molar-refractivity contribution in [2.45, 2.75) is 45.4 Å². The molecule has 0 aromatic carbocycles. The van der Waals surface area contributed by atoms with Gasteiger partial charge < -0.3 is 14.6 Å². The predicted octanol–water partition coefficient (Wildman–Crippen LogP) is 4.82. The number of methoxy groups -OCH3 is 1. The Labute approximate surface area is 140 Å². The van der Waals surface area contributed by atoms with Crippen molar-refractivity contribution in [3.05, 3.63) is 59.6 Å². The van der Waals surface area contributed by atoms with Crippen LogP contribution < -0.4 is 0 Å². The molecular formula is C20H30O3. The Kier molecular flexibility index (Phi) is 9.15. The molecule has 0 aromatic rings. The van der Waals surface area contributed by atoms with E-state index in [-0.39, 0.29) is 13.2 Å². The number of ether oxygens (including phenoxy) is 2. The summed E-state index contributed by atoms with van der Waals surface area (Å²) in [7, 11) is 1.55. The van der Waals surface area contributed by atoms with E-state index in [9.17, 15) is 0 Å². The topological polar surface area (TPSA) is 38.7 Å². The average molecular weight is 318 g/mol. The van der Waals surface area contributed by atoms with E-state index in [0.29, 0.717) is 11.5 Å². The molecule has 128 valence electrons. The van der Waals surface area contributed by atoms with Crippen molar-refractivity contribution >= 4 is 0 Å². The first-order valence-corrected chi connectivity index (χ1v) is 8.38. The molecule has 1 N–H and O–H groups in total. The van der Waals surface area contributed by atoms with E-state index in [1.807, 2.05) is 6.08 Å². The van der Waals surface area contributed by atoms with Crippen molar-refractivity contribution in [2.75, 3.05) is 20.3 Å². The lowest BCUT2D eigenvalue weighted by Crippen LogP contribution is -2.04. The highest BCUT2D eigenvalue weighted by Gasteiger charge is 2.11. The van der Waals surface area contributed by atoms with E-state index in [2.05, 4.69) is 32.2 Å². The summed E-state index contributed by atoms with van der Waals surface area (Å²) in [5.74, 6) is 0.956. The molecule has 1 aliphatic rings. The van der Waals surface area contributed by atoms with Gasteiger partial charge in [-0.25, -0.2) is 0 Å². The van der Waals surface area contributed by atoms with Crippen LogP contribution >= 0.6 is 0 Å². The van der Waals surface area contributed by atoms with Crippen LogP contribution in [0.5, 0.6) is 0 Å². The summed E-state index contributed by atoms with van der Waals surface area (Å²) < 4.78 is 10.6. The molecule has 0 aromatic heterocycles. The second kappa shape index (κ2) is 10.9. The maximum Gasteiger partial charge on any atom is 0.161 e. The normalized spacial score (nSPS) is 14.8. The maximum atomic E-state index is 8.91. The zero-order valence-corrected chi connectivity index (χ0v) is 14.6. The molecule has 23 heavy (non-hydrogen) atoms. The SMILES string of the molecule is C=C(/C=C(/OCCO)C(=C)OC)C1=CC=C(CCCCC)CC1. The Morgan fingerprint density at radius 2 is 2.04 bits per heavy atom. The van der Waals surface area contributed by atoms with Crippen molar-refractivity contribution in [2.24, 2.45) is 0 Å². The zero-order chi connectivity index (χ0) is 17.1. The van der Waals surface area contributed by atoms with Gasteiger partial charge in [-0.3, -0.25) is 0 Å². The number of rotatable bonds is 11. The van der Waals surface area contributed by atoms with Crippen LogP contribution in [0.3, 0.4) is 0 Å². The number of allylic oxidation sites excluding steroid dienone is 6. The summed E-state index contributed by atoms with van der Waals surface area (Å²) in [4.78, 5) is 0. The van der Waals surface area contributed by atoms with Gasteiger partial charge in [0.1, 0.15) is 6.61 Å². The number of unbranched alkanes of at least 4 members (excludes halogenated alkanes) is 2. The van der Waals surface area contributed by atoms with Crippen molar-refractivity contribution in [3.8, 4) is 0 Å². The van der Waals surface area contributed by atoms with Crippen LogP contribution in [0.1, 0.15) is 45.4 Å². The van der Waals surface area contributed by atoms with E-state index in [1.165, 1.54) is 36.8 Å². The minimum atomic E-state index is -0.0482.